The van der Waals surface area contributed by atoms with E-state index in [4.69, 9.17) is 31.3 Å². The molecule has 0 bridgehead atoms. The summed E-state index contributed by atoms with van der Waals surface area (Å²) in [5.41, 5.74) is 7.04. The zero-order valence-corrected chi connectivity index (χ0v) is 29.5. The monoisotopic (exact) mass is 715 g/mol. The van der Waals surface area contributed by atoms with Crippen LogP contribution in [0.3, 0.4) is 0 Å². The third kappa shape index (κ3) is 5.75. The number of rotatable bonds is 5. The van der Waals surface area contributed by atoms with Crippen LogP contribution in [0.1, 0.15) is 44.8 Å². The topological polar surface area (TPSA) is 116 Å². The Morgan fingerprint density at radius 3 is 2.63 bits per heavy atom. The van der Waals surface area contributed by atoms with E-state index in [1.54, 1.807) is 46.7 Å². The molecule has 9 rings (SSSR count). The number of benzene rings is 2. The summed E-state index contributed by atoms with van der Waals surface area (Å²) < 4.78 is 5.58. The summed E-state index contributed by atoms with van der Waals surface area (Å²) >= 11 is 8.01. The predicted molar refractivity (Wildman–Crippen MR) is 201 cm³/mol. The zero-order valence-electron chi connectivity index (χ0n) is 27.9. The van der Waals surface area contributed by atoms with Crippen LogP contribution in [0, 0.1) is 12.3 Å². The first-order valence-electron chi connectivity index (χ1n) is 17.1. The van der Waals surface area contributed by atoms with Crippen molar-refractivity contribution in [2.24, 2.45) is 5.41 Å². The van der Waals surface area contributed by atoms with Gasteiger partial charge in [0.2, 0.25) is 0 Å². The number of ether oxygens (including phenoxy) is 1. The molecule has 0 radical (unpaired) electrons. The van der Waals surface area contributed by atoms with Gasteiger partial charge >= 0.3 is 0 Å². The van der Waals surface area contributed by atoms with Gasteiger partial charge in [-0.05, 0) is 98.5 Å². The number of carbonyl (C=O) groups is 2. The summed E-state index contributed by atoms with van der Waals surface area (Å²) in [6.45, 7) is 5.77. The molecule has 0 aliphatic carbocycles. The van der Waals surface area contributed by atoms with Crippen LogP contribution in [-0.4, -0.2) is 64.6 Å². The summed E-state index contributed by atoms with van der Waals surface area (Å²) in [4.78, 5) is 51.3. The highest BCUT2D eigenvalue weighted by atomic mass is 35.5. The Balaban J connectivity index is 0.927. The fourth-order valence-electron chi connectivity index (χ4n) is 7.44. The molecule has 2 N–H and O–H groups in total. The first kappa shape index (κ1) is 31.9. The number of aromatic amines is 1. The number of H-pyrrole nitrogens is 1. The average Bonchev–Trinajstić information content (AvgIpc) is 3.74. The van der Waals surface area contributed by atoms with Crippen LogP contribution in [0.15, 0.2) is 79.0 Å². The fourth-order valence-corrected chi connectivity index (χ4v) is 8.82. The van der Waals surface area contributed by atoms with Crippen molar-refractivity contribution in [2.75, 3.05) is 48.0 Å². The van der Waals surface area contributed by atoms with Crippen LogP contribution < -0.4 is 15.1 Å². The number of fused-ring (bicyclic) bond motifs is 4. The number of para-hydroxylation sites is 1. The Kier molecular flexibility index (Phi) is 7.86. The molecule has 3 aliphatic rings. The first-order chi connectivity index (χ1) is 24.8. The number of halogens is 1. The average molecular weight is 716 g/mol. The van der Waals surface area contributed by atoms with Crippen molar-refractivity contribution in [3.8, 4) is 21.3 Å². The lowest BCUT2D eigenvalue weighted by Crippen LogP contribution is -2.59. The van der Waals surface area contributed by atoms with E-state index in [0.29, 0.717) is 40.6 Å². The van der Waals surface area contributed by atoms with Gasteiger partial charge in [0.05, 0.1) is 37.1 Å². The molecule has 7 heterocycles. The number of imidazole rings is 1. The van der Waals surface area contributed by atoms with E-state index in [2.05, 4.69) is 21.3 Å². The quantitative estimate of drug-likeness (QED) is 0.187. The van der Waals surface area contributed by atoms with Crippen LogP contribution in [-0.2, 0) is 11.2 Å². The highest BCUT2D eigenvalue weighted by Crippen LogP contribution is 2.44. The molecule has 2 fully saturated rings. The van der Waals surface area contributed by atoms with Gasteiger partial charge in [-0.15, -0.1) is 11.3 Å². The van der Waals surface area contributed by atoms with Crippen molar-refractivity contribution in [3.63, 3.8) is 0 Å². The number of carbonyl (C=O) groups excluding carboxylic acids is 2. The number of nitrogens with one attached hydrogen (secondary N) is 2. The molecule has 256 valence electrons. The van der Waals surface area contributed by atoms with Crippen LogP contribution in [0.5, 0.6) is 0 Å². The molecule has 51 heavy (non-hydrogen) atoms. The van der Waals surface area contributed by atoms with Crippen molar-refractivity contribution < 1.29 is 14.3 Å². The number of pyridine rings is 2. The Hall–Kier alpha value is -5.10. The number of nitrogens with zero attached hydrogens (tertiary/aromatic N) is 5. The molecular weight excluding hydrogens is 682 g/mol. The molecule has 12 heteroatoms. The third-order valence-electron chi connectivity index (χ3n) is 10.2. The largest absolute Gasteiger partial charge is 0.381 e. The fraction of sp³-hybridized carbons (Fsp3) is 0.256. The second-order valence-corrected chi connectivity index (χ2v) is 15.0. The lowest BCUT2D eigenvalue weighted by atomic mass is 9.73. The molecule has 2 aromatic carbocycles. The summed E-state index contributed by atoms with van der Waals surface area (Å²) in [6.07, 6.45) is 4.49. The summed E-state index contributed by atoms with van der Waals surface area (Å²) in [5.74, 6) is 1.11. The highest BCUT2D eigenvalue weighted by Gasteiger charge is 2.45. The second-order valence-electron chi connectivity index (χ2n) is 13.6. The van der Waals surface area contributed by atoms with Crippen LogP contribution in [0.2, 0.25) is 5.02 Å². The van der Waals surface area contributed by atoms with Gasteiger partial charge in [0.25, 0.3) is 11.8 Å². The van der Waals surface area contributed by atoms with Crippen LogP contribution >= 0.6 is 22.9 Å². The van der Waals surface area contributed by atoms with Gasteiger partial charge in [-0.25, -0.2) is 9.97 Å². The van der Waals surface area contributed by atoms with Gasteiger partial charge < -0.3 is 24.8 Å². The Bertz CT molecular complexity index is 2320. The molecular formula is C39H34ClN7O3S. The molecule has 4 aromatic heterocycles. The van der Waals surface area contributed by atoms with Crippen LogP contribution in [0.4, 0.5) is 17.2 Å². The Labute approximate surface area is 303 Å². The number of thiophene rings is 1. The molecule has 0 atom stereocenters. The standard InChI is InChI=1S/C39H34ClN7O3S/c1-23-7-12-27(36(42-23)46-21-39(22-46)14-18-50-19-15-39)37(48)43-26-10-8-24(9-11-26)38(49)47-17-13-25-20-31(51-34(25)33-30(47)6-3-16-41-33)35-44-29-5-2-4-28(40)32(29)45-35/h2-12,16,20H,13-15,17-19,21-22H2,1H3,(H,43,48)(H,44,45). The zero-order chi connectivity index (χ0) is 34.7. The minimum Gasteiger partial charge on any atom is -0.381 e. The number of aryl methyl sites for hydroxylation is 1. The van der Waals surface area contributed by atoms with Gasteiger partial charge in [0, 0.05) is 61.4 Å². The van der Waals surface area contributed by atoms with E-state index < -0.39 is 0 Å². The van der Waals surface area contributed by atoms with E-state index >= 15 is 0 Å². The van der Waals surface area contributed by atoms with Crippen molar-refractivity contribution in [1.29, 1.82) is 0 Å². The molecule has 10 nitrogen and oxygen atoms in total. The molecule has 3 aliphatic heterocycles. The molecule has 0 saturated carbocycles. The second kappa shape index (κ2) is 12.6. The lowest BCUT2D eigenvalue weighted by Gasteiger charge is -2.53. The SMILES string of the molecule is Cc1ccc(C(=O)Nc2ccc(C(=O)N3CCc4cc(-c5nc6cccc(Cl)c6[nH]5)sc4-c4ncccc43)cc2)c(N2CC3(CCOCC3)C2)n1. The van der Waals surface area contributed by atoms with Crippen molar-refractivity contribution in [3.05, 3.63) is 106 Å². The van der Waals surface area contributed by atoms with E-state index in [-0.39, 0.29) is 17.2 Å². The van der Waals surface area contributed by atoms with E-state index in [1.807, 2.05) is 49.4 Å². The summed E-state index contributed by atoms with van der Waals surface area (Å²) in [5, 5.41) is 3.66. The highest BCUT2D eigenvalue weighted by molar-refractivity contribution is 7.19. The predicted octanol–water partition coefficient (Wildman–Crippen LogP) is 7.78. The van der Waals surface area contributed by atoms with Crippen LogP contribution in [0.25, 0.3) is 32.3 Å². The van der Waals surface area contributed by atoms with E-state index in [9.17, 15) is 9.59 Å². The molecule has 2 amide bonds. The number of hydrogen-bond acceptors (Lipinski definition) is 8. The van der Waals surface area contributed by atoms with E-state index in [1.165, 1.54) is 0 Å². The number of aromatic nitrogens is 4. The minimum absolute atomic E-state index is 0.130. The van der Waals surface area contributed by atoms with Gasteiger partial charge in [0.15, 0.2) is 0 Å². The summed E-state index contributed by atoms with van der Waals surface area (Å²) in [6, 6.07) is 22.4. The van der Waals surface area contributed by atoms with Gasteiger partial charge in [-0.1, -0.05) is 17.7 Å². The molecule has 2 saturated heterocycles. The maximum Gasteiger partial charge on any atom is 0.259 e. The van der Waals surface area contributed by atoms with E-state index in [0.717, 1.165) is 88.4 Å². The number of hydrogen-bond donors (Lipinski definition) is 2. The normalized spacial score (nSPS) is 16.4. The number of amides is 2. The smallest absolute Gasteiger partial charge is 0.259 e. The molecule has 6 aromatic rings. The maximum atomic E-state index is 14.0. The van der Waals surface area contributed by atoms with Crippen molar-refractivity contribution in [2.45, 2.75) is 26.2 Å². The van der Waals surface area contributed by atoms with Gasteiger partial charge in [-0.2, -0.15) is 0 Å². The Morgan fingerprint density at radius 1 is 1.00 bits per heavy atom. The lowest BCUT2D eigenvalue weighted by molar-refractivity contribution is -0.000518. The number of anilines is 3. The minimum atomic E-state index is -0.228. The molecule has 0 unspecified atom stereocenters. The third-order valence-corrected chi connectivity index (χ3v) is 11.7. The van der Waals surface area contributed by atoms with Gasteiger partial charge in [0.1, 0.15) is 17.3 Å². The maximum absolute atomic E-state index is 14.0. The molecule has 1 spiro atoms. The first-order valence-corrected chi connectivity index (χ1v) is 18.3. The summed E-state index contributed by atoms with van der Waals surface area (Å²) in [7, 11) is 0. The van der Waals surface area contributed by atoms with Crippen molar-refractivity contribution >= 4 is 63.0 Å². The van der Waals surface area contributed by atoms with Crippen molar-refractivity contribution in [1.82, 2.24) is 19.9 Å². The van der Waals surface area contributed by atoms with Gasteiger partial charge in [-0.3, -0.25) is 14.6 Å². The Morgan fingerprint density at radius 2 is 1.82 bits per heavy atom.